The van der Waals surface area contributed by atoms with E-state index in [1.54, 1.807) is 0 Å². The standard InChI is InChI=1S/C16H34O4/c1-4-7-9-11-13-19-16(15-17,18-6-3)20-14-12-10-8-5-2/h17H,4-15H2,1-3H3. The third kappa shape index (κ3) is 9.70. The van der Waals surface area contributed by atoms with Gasteiger partial charge in [0, 0.05) is 6.61 Å². The van der Waals surface area contributed by atoms with E-state index in [-0.39, 0.29) is 6.61 Å². The van der Waals surface area contributed by atoms with Gasteiger partial charge in [0.2, 0.25) is 0 Å². The fourth-order valence-corrected chi connectivity index (χ4v) is 1.99. The summed E-state index contributed by atoms with van der Waals surface area (Å²) in [6.45, 7) is 7.57. The molecular formula is C16H34O4. The minimum atomic E-state index is -1.26. The molecule has 0 saturated carbocycles. The molecule has 122 valence electrons. The number of hydrogen-bond acceptors (Lipinski definition) is 4. The molecular weight excluding hydrogens is 256 g/mol. The Morgan fingerprint density at radius 1 is 0.700 bits per heavy atom. The second kappa shape index (κ2) is 13.8. The van der Waals surface area contributed by atoms with E-state index in [9.17, 15) is 5.11 Å². The first-order chi connectivity index (χ1) is 9.74. The van der Waals surface area contributed by atoms with Crippen LogP contribution >= 0.6 is 0 Å². The molecule has 0 fully saturated rings. The summed E-state index contributed by atoms with van der Waals surface area (Å²) in [6.07, 6.45) is 9.05. The monoisotopic (exact) mass is 290 g/mol. The van der Waals surface area contributed by atoms with E-state index in [0.29, 0.717) is 19.8 Å². The molecule has 0 atom stereocenters. The molecule has 0 bridgehead atoms. The average Bonchev–Trinajstić information content (AvgIpc) is 2.46. The van der Waals surface area contributed by atoms with Crippen molar-refractivity contribution < 1.29 is 19.3 Å². The third-order valence-electron chi connectivity index (χ3n) is 3.20. The Morgan fingerprint density at radius 2 is 1.20 bits per heavy atom. The first kappa shape index (κ1) is 19.8. The van der Waals surface area contributed by atoms with Crippen molar-refractivity contribution in [2.45, 2.75) is 78.1 Å². The van der Waals surface area contributed by atoms with E-state index in [0.717, 1.165) is 25.7 Å². The Morgan fingerprint density at radius 3 is 1.55 bits per heavy atom. The molecule has 0 aliphatic heterocycles. The van der Waals surface area contributed by atoms with Crippen molar-refractivity contribution in [3.8, 4) is 0 Å². The molecule has 0 amide bonds. The first-order valence-electron chi connectivity index (χ1n) is 8.27. The highest BCUT2D eigenvalue weighted by molar-refractivity contribution is 4.56. The van der Waals surface area contributed by atoms with Crippen molar-refractivity contribution in [2.24, 2.45) is 0 Å². The summed E-state index contributed by atoms with van der Waals surface area (Å²) in [6, 6.07) is 0. The Balaban J connectivity index is 4.00. The maximum atomic E-state index is 9.54. The molecule has 0 aliphatic carbocycles. The van der Waals surface area contributed by atoms with Gasteiger partial charge in [0.15, 0.2) is 0 Å². The zero-order valence-electron chi connectivity index (χ0n) is 13.7. The molecule has 0 aromatic carbocycles. The lowest BCUT2D eigenvalue weighted by Crippen LogP contribution is -2.43. The number of rotatable bonds is 15. The molecule has 0 radical (unpaired) electrons. The minimum Gasteiger partial charge on any atom is -0.388 e. The van der Waals surface area contributed by atoms with E-state index < -0.39 is 5.97 Å². The summed E-state index contributed by atoms with van der Waals surface area (Å²) in [5.74, 6) is -1.26. The molecule has 4 nitrogen and oxygen atoms in total. The molecule has 0 aromatic heterocycles. The van der Waals surface area contributed by atoms with E-state index >= 15 is 0 Å². The van der Waals surface area contributed by atoms with Crippen molar-refractivity contribution in [2.75, 3.05) is 26.4 Å². The summed E-state index contributed by atoms with van der Waals surface area (Å²) in [7, 11) is 0. The number of unbranched alkanes of at least 4 members (excludes halogenated alkanes) is 6. The zero-order chi connectivity index (χ0) is 15.1. The quantitative estimate of drug-likeness (QED) is 0.367. The van der Waals surface area contributed by atoms with Crippen LogP contribution in [0.5, 0.6) is 0 Å². The highest BCUT2D eigenvalue weighted by atomic mass is 16.9. The number of aliphatic hydroxyl groups excluding tert-OH is 1. The lowest BCUT2D eigenvalue weighted by Gasteiger charge is -2.31. The van der Waals surface area contributed by atoms with Gasteiger partial charge in [0.1, 0.15) is 6.61 Å². The highest BCUT2D eigenvalue weighted by Gasteiger charge is 2.32. The van der Waals surface area contributed by atoms with Crippen LogP contribution in [0.1, 0.15) is 72.1 Å². The Labute approximate surface area is 124 Å². The van der Waals surface area contributed by atoms with Crippen LogP contribution in [-0.4, -0.2) is 37.5 Å². The van der Waals surface area contributed by atoms with Crippen LogP contribution in [0, 0.1) is 0 Å². The van der Waals surface area contributed by atoms with Gasteiger partial charge < -0.3 is 19.3 Å². The molecule has 4 heteroatoms. The summed E-state index contributed by atoms with van der Waals surface area (Å²) in [5.41, 5.74) is 0. The molecule has 0 saturated heterocycles. The fourth-order valence-electron chi connectivity index (χ4n) is 1.99. The molecule has 0 unspecified atom stereocenters. The molecule has 0 spiro atoms. The van der Waals surface area contributed by atoms with Crippen LogP contribution in [-0.2, 0) is 14.2 Å². The van der Waals surface area contributed by atoms with Gasteiger partial charge in [-0.1, -0.05) is 52.4 Å². The Hall–Kier alpha value is -0.160. The molecule has 1 N–H and O–H groups in total. The highest BCUT2D eigenvalue weighted by Crippen LogP contribution is 2.17. The fraction of sp³-hybridized carbons (Fsp3) is 1.00. The summed E-state index contributed by atoms with van der Waals surface area (Å²) < 4.78 is 16.9. The van der Waals surface area contributed by atoms with Gasteiger partial charge in [-0.2, -0.15) is 0 Å². The minimum absolute atomic E-state index is 0.262. The van der Waals surface area contributed by atoms with Gasteiger partial charge in [-0.3, -0.25) is 0 Å². The average molecular weight is 290 g/mol. The topological polar surface area (TPSA) is 47.9 Å². The Bertz CT molecular complexity index is 183. The van der Waals surface area contributed by atoms with Crippen LogP contribution < -0.4 is 0 Å². The maximum Gasteiger partial charge on any atom is 0.307 e. The zero-order valence-corrected chi connectivity index (χ0v) is 13.7. The van der Waals surface area contributed by atoms with Crippen LogP contribution in [0.3, 0.4) is 0 Å². The largest absolute Gasteiger partial charge is 0.388 e. The van der Waals surface area contributed by atoms with Crippen LogP contribution in [0.4, 0.5) is 0 Å². The summed E-state index contributed by atoms with van der Waals surface area (Å²) in [4.78, 5) is 0. The van der Waals surface area contributed by atoms with Crippen molar-refractivity contribution >= 4 is 0 Å². The van der Waals surface area contributed by atoms with Gasteiger partial charge in [0.05, 0.1) is 13.2 Å². The normalized spacial score (nSPS) is 12.0. The van der Waals surface area contributed by atoms with E-state index in [1.807, 2.05) is 6.92 Å². The van der Waals surface area contributed by atoms with Gasteiger partial charge in [0.25, 0.3) is 0 Å². The van der Waals surface area contributed by atoms with Gasteiger partial charge in [-0.15, -0.1) is 0 Å². The van der Waals surface area contributed by atoms with Crippen molar-refractivity contribution in [3.63, 3.8) is 0 Å². The van der Waals surface area contributed by atoms with Gasteiger partial charge >= 0.3 is 5.97 Å². The summed E-state index contributed by atoms with van der Waals surface area (Å²) in [5, 5.41) is 9.54. The van der Waals surface area contributed by atoms with Crippen molar-refractivity contribution in [3.05, 3.63) is 0 Å². The molecule has 20 heavy (non-hydrogen) atoms. The van der Waals surface area contributed by atoms with Gasteiger partial charge in [-0.25, -0.2) is 0 Å². The lowest BCUT2D eigenvalue weighted by molar-refractivity contribution is -0.390. The smallest absolute Gasteiger partial charge is 0.307 e. The van der Waals surface area contributed by atoms with Crippen molar-refractivity contribution in [1.29, 1.82) is 0 Å². The van der Waals surface area contributed by atoms with Gasteiger partial charge in [-0.05, 0) is 19.8 Å². The molecule has 0 aromatic rings. The van der Waals surface area contributed by atoms with E-state index in [4.69, 9.17) is 14.2 Å². The van der Waals surface area contributed by atoms with Crippen LogP contribution in [0.15, 0.2) is 0 Å². The SMILES string of the molecule is CCCCCCOC(CO)(OCC)OCCCCCC. The lowest BCUT2D eigenvalue weighted by atomic mass is 10.2. The third-order valence-corrected chi connectivity index (χ3v) is 3.20. The first-order valence-corrected chi connectivity index (χ1v) is 8.27. The number of aliphatic hydroxyl groups is 1. The number of hydrogen-bond donors (Lipinski definition) is 1. The molecule has 0 rings (SSSR count). The molecule has 0 heterocycles. The Kier molecular flexibility index (Phi) is 13.7. The second-order valence-electron chi connectivity index (χ2n) is 5.09. The maximum absolute atomic E-state index is 9.54. The predicted octanol–water partition coefficient (Wildman–Crippen LogP) is 3.86. The van der Waals surface area contributed by atoms with Crippen LogP contribution in [0.2, 0.25) is 0 Å². The second-order valence-corrected chi connectivity index (χ2v) is 5.09. The van der Waals surface area contributed by atoms with E-state index in [2.05, 4.69) is 13.8 Å². The summed E-state index contributed by atoms with van der Waals surface area (Å²) >= 11 is 0. The van der Waals surface area contributed by atoms with Crippen molar-refractivity contribution in [1.82, 2.24) is 0 Å². The predicted molar refractivity (Wildman–Crippen MR) is 81.6 cm³/mol. The molecule has 0 aliphatic rings. The van der Waals surface area contributed by atoms with E-state index in [1.165, 1.54) is 25.7 Å². The van der Waals surface area contributed by atoms with Crippen LogP contribution in [0.25, 0.3) is 0 Å². The number of ether oxygens (including phenoxy) is 3.